The fraction of sp³-hybridized carbons (Fsp3) is 0.364. The molecule has 1 aliphatic heterocycles. The van der Waals surface area contributed by atoms with Crippen molar-refractivity contribution in [3.8, 4) is 11.5 Å². The number of carbonyl (C=O) groups is 1. The van der Waals surface area contributed by atoms with Crippen LogP contribution in [-0.2, 0) is 9.53 Å². The van der Waals surface area contributed by atoms with E-state index < -0.39 is 28.5 Å². The maximum Gasteiger partial charge on any atom is 0.309 e. The molecule has 19 heavy (non-hydrogen) atoms. The largest absolute Gasteiger partial charge is 0.486 e. The lowest BCUT2D eigenvalue weighted by Crippen LogP contribution is -2.31. The van der Waals surface area contributed by atoms with Crippen LogP contribution in [0.4, 0.5) is 10.1 Å². The molecule has 0 aliphatic carbocycles. The molecule has 2 rings (SSSR count). The number of nitrogens with zero attached hydrogens (tertiary/aromatic N) is 1. The minimum atomic E-state index is -1.02. The minimum Gasteiger partial charge on any atom is -0.486 e. The second-order valence-corrected chi connectivity index (χ2v) is 3.84. The first-order valence-corrected chi connectivity index (χ1v) is 5.35. The van der Waals surface area contributed by atoms with Crippen molar-refractivity contribution in [3.05, 3.63) is 28.1 Å². The molecule has 8 heteroatoms. The first-order chi connectivity index (χ1) is 9.01. The summed E-state index contributed by atoms with van der Waals surface area (Å²) in [6.07, 6.45) is -0.657. The minimum absolute atomic E-state index is 0.0308. The van der Waals surface area contributed by atoms with Crippen molar-refractivity contribution in [2.45, 2.75) is 12.5 Å². The van der Waals surface area contributed by atoms with Crippen LogP contribution in [0, 0.1) is 15.9 Å². The molecule has 0 spiro atoms. The van der Waals surface area contributed by atoms with Gasteiger partial charge in [-0.1, -0.05) is 0 Å². The predicted octanol–water partition coefficient (Wildman–Crippen LogP) is 1.44. The molecule has 0 fully saturated rings. The van der Waals surface area contributed by atoms with Gasteiger partial charge in [0, 0.05) is 6.07 Å². The lowest BCUT2D eigenvalue weighted by Gasteiger charge is -2.25. The topological polar surface area (TPSA) is 87.9 Å². The third-order valence-corrected chi connectivity index (χ3v) is 2.55. The highest BCUT2D eigenvalue weighted by molar-refractivity contribution is 5.70. The average Bonchev–Trinajstić information content (AvgIpc) is 2.37. The average molecular weight is 271 g/mol. The second kappa shape index (κ2) is 5.09. The van der Waals surface area contributed by atoms with Gasteiger partial charge >= 0.3 is 11.7 Å². The molecular formula is C11H10FNO6. The summed E-state index contributed by atoms with van der Waals surface area (Å²) in [4.78, 5) is 20.8. The van der Waals surface area contributed by atoms with Gasteiger partial charge in [-0.3, -0.25) is 14.9 Å². The number of hydrogen-bond acceptors (Lipinski definition) is 6. The number of nitro benzene ring substituents is 1. The highest BCUT2D eigenvalue weighted by Gasteiger charge is 2.28. The molecule has 0 amide bonds. The van der Waals surface area contributed by atoms with E-state index in [1.165, 1.54) is 7.11 Å². The molecule has 0 unspecified atom stereocenters. The van der Waals surface area contributed by atoms with E-state index in [9.17, 15) is 19.3 Å². The van der Waals surface area contributed by atoms with E-state index in [1.807, 2.05) is 0 Å². The van der Waals surface area contributed by atoms with Crippen molar-refractivity contribution >= 4 is 11.7 Å². The first-order valence-electron chi connectivity index (χ1n) is 5.35. The van der Waals surface area contributed by atoms with Crippen LogP contribution in [0.2, 0.25) is 0 Å². The Morgan fingerprint density at radius 1 is 1.58 bits per heavy atom. The summed E-state index contributed by atoms with van der Waals surface area (Å²) in [5.74, 6) is -1.40. The number of benzene rings is 1. The van der Waals surface area contributed by atoms with Crippen molar-refractivity contribution in [1.82, 2.24) is 0 Å². The zero-order valence-electron chi connectivity index (χ0n) is 9.92. The van der Waals surface area contributed by atoms with E-state index >= 15 is 0 Å². The van der Waals surface area contributed by atoms with Crippen molar-refractivity contribution in [2.75, 3.05) is 13.7 Å². The SMILES string of the molecule is COC(=O)C[C@@H]1COc2cc([N+](=O)[O-])c(F)cc2O1. The van der Waals surface area contributed by atoms with Gasteiger partial charge in [-0.25, -0.2) is 0 Å². The summed E-state index contributed by atoms with van der Waals surface area (Å²) in [6, 6.07) is 1.83. The van der Waals surface area contributed by atoms with Crippen LogP contribution in [0.5, 0.6) is 11.5 Å². The molecule has 1 aromatic rings. The molecule has 0 aromatic heterocycles. The lowest BCUT2D eigenvalue weighted by molar-refractivity contribution is -0.387. The highest BCUT2D eigenvalue weighted by atomic mass is 19.1. The lowest BCUT2D eigenvalue weighted by atomic mass is 10.2. The van der Waals surface area contributed by atoms with E-state index in [0.717, 1.165) is 12.1 Å². The maximum absolute atomic E-state index is 13.4. The predicted molar refractivity (Wildman–Crippen MR) is 59.6 cm³/mol. The normalized spacial score (nSPS) is 16.8. The van der Waals surface area contributed by atoms with Gasteiger partial charge in [-0.2, -0.15) is 4.39 Å². The zero-order valence-corrected chi connectivity index (χ0v) is 9.92. The number of methoxy groups -OCH3 is 1. The molecule has 1 heterocycles. The molecule has 1 aromatic carbocycles. The Hall–Kier alpha value is -2.38. The third kappa shape index (κ3) is 2.72. The number of nitro groups is 1. The summed E-state index contributed by atoms with van der Waals surface area (Å²) in [6.45, 7) is 0.0326. The van der Waals surface area contributed by atoms with Crippen LogP contribution in [0.25, 0.3) is 0 Å². The summed E-state index contributed by atoms with van der Waals surface area (Å²) in [5.41, 5.74) is -0.686. The van der Waals surface area contributed by atoms with Gasteiger partial charge in [0.1, 0.15) is 12.7 Å². The van der Waals surface area contributed by atoms with Crippen molar-refractivity contribution in [3.63, 3.8) is 0 Å². The van der Waals surface area contributed by atoms with Gasteiger partial charge in [0.05, 0.1) is 24.5 Å². The third-order valence-electron chi connectivity index (χ3n) is 2.55. The molecule has 1 aliphatic rings. The quantitative estimate of drug-likeness (QED) is 0.469. The van der Waals surface area contributed by atoms with Crippen molar-refractivity contribution in [1.29, 1.82) is 0 Å². The van der Waals surface area contributed by atoms with Crippen LogP contribution < -0.4 is 9.47 Å². The summed E-state index contributed by atoms with van der Waals surface area (Å²) in [7, 11) is 1.24. The Kier molecular flexibility index (Phi) is 3.50. The van der Waals surface area contributed by atoms with E-state index in [-0.39, 0.29) is 24.5 Å². The Balaban J connectivity index is 2.20. The van der Waals surface area contributed by atoms with E-state index in [0.29, 0.717) is 0 Å². The Morgan fingerprint density at radius 3 is 2.95 bits per heavy atom. The molecule has 0 N–H and O–H groups in total. The van der Waals surface area contributed by atoms with Crippen LogP contribution in [0.3, 0.4) is 0 Å². The fourth-order valence-corrected chi connectivity index (χ4v) is 1.64. The molecule has 0 saturated heterocycles. The number of rotatable bonds is 3. The van der Waals surface area contributed by atoms with Gasteiger partial charge in [0.15, 0.2) is 11.5 Å². The first kappa shape index (κ1) is 13.1. The number of esters is 1. The van der Waals surface area contributed by atoms with Crippen molar-refractivity contribution < 1.29 is 28.3 Å². The van der Waals surface area contributed by atoms with E-state index in [2.05, 4.69) is 4.74 Å². The highest BCUT2D eigenvalue weighted by Crippen LogP contribution is 2.37. The monoisotopic (exact) mass is 271 g/mol. The molecule has 7 nitrogen and oxygen atoms in total. The van der Waals surface area contributed by atoms with E-state index in [4.69, 9.17) is 9.47 Å². The van der Waals surface area contributed by atoms with Gasteiger partial charge < -0.3 is 14.2 Å². The maximum atomic E-state index is 13.4. The Labute approximate surface area is 107 Å². The number of halogens is 1. The van der Waals surface area contributed by atoms with Crippen LogP contribution >= 0.6 is 0 Å². The van der Waals surface area contributed by atoms with Gasteiger partial charge in [0.2, 0.25) is 5.82 Å². The van der Waals surface area contributed by atoms with Gasteiger partial charge in [-0.05, 0) is 0 Å². The number of hydrogen-bond donors (Lipinski definition) is 0. The number of carbonyl (C=O) groups excluding carboxylic acids is 1. The van der Waals surface area contributed by atoms with Crippen molar-refractivity contribution in [2.24, 2.45) is 0 Å². The molecule has 1 atom stereocenters. The zero-order chi connectivity index (χ0) is 14.0. The second-order valence-electron chi connectivity index (χ2n) is 3.84. The summed E-state index contributed by atoms with van der Waals surface area (Å²) in [5, 5.41) is 10.6. The van der Waals surface area contributed by atoms with Gasteiger partial charge in [-0.15, -0.1) is 0 Å². The van der Waals surface area contributed by atoms with E-state index in [1.54, 1.807) is 0 Å². The Morgan fingerprint density at radius 2 is 2.32 bits per heavy atom. The fourth-order valence-electron chi connectivity index (χ4n) is 1.64. The standard InChI is InChI=1S/C11H10FNO6/c1-17-11(14)2-6-5-18-9-4-8(13(15)16)7(12)3-10(9)19-6/h3-4,6H,2,5H2,1H3/t6-/m1/s1. The number of fused-ring (bicyclic) bond motifs is 1. The summed E-state index contributed by atoms with van der Waals surface area (Å²) < 4.78 is 28.4. The van der Waals surface area contributed by atoms with Gasteiger partial charge in [0.25, 0.3) is 0 Å². The molecule has 0 bridgehead atoms. The van der Waals surface area contributed by atoms with Crippen LogP contribution in [0.15, 0.2) is 12.1 Å². The van der Waals surface area contributed by atoms with Crippen LogP contribution in [0.1, 0.15) is 6.42 Å². The number of ether oxygens (including phenoxy) is 3. The Bertz CT molecular complexity index is 532. The molecule has 0 radical (unpaired) electrons. The van der Waals surface area contributed by atoms with Crippen LogP contribution in [-0.4, -0.2) is 30.7 Å². The molecule has 102 valence electrons. The smallest absolute Gasteiger partial charge is 0.309 e. The summed E-state index contributed by atoms with van der Waals surface area (Å²) >= 11 is 0. The molecule has 0 saturated carbocycles. The molecular weight excluding hydrogens is 261 g/mol.